The van der Waals surface area contributed by atoms with Gasteiger partial charge in [-0.3, -0.25) is 4.98 Å². The fourth-order valence-corrected chi connectivity index (χ4v) is 1.63. The van der Waals surface area contributed by atoms with Crippen molar-refractivity contribution >= 4 is 26.8 Å². The number of benzene rings is 1. The maximum absolute atomic E-state index is 4.27. The number of hydrogen-bond donors (Lipinski definition) is 0. The number of alkyl halides is 1. The van der Waals surface area contributed by atoms with Crippen LogP contribution in [0.4, 0.5) is 0 Å². The Morgan fingerprint density at radius 1 is 1.31 bits per heavy atom. The first-order valence-corrected chi connectivity index (χ1v) is 5.18. The lowest BCUT2D eigenvalue weighted by molar-refractivity contribution is 1.13. The number of pyridine rings is 1. The lowest BCUT2D eigenvalue weighted by atomic mass is 10.1. The van der Waals surface area contributed by atoms with Crippen LogP contribution >= 0.6 is 15.9 Å². The van der Waals surface area contributed by atoms with E-state index in [4.69, 9.17) is 0 Å². The Hall–Kier alpha value is -0.890. The molecule has 0 spiro atoms. The Balaban J connectivity index is 2.62. The van der Waals surface area contributed by atoms with E-state index in [-0.39, 0.29) is 0 Å². The van der Waals surface area contributed by atoms with Gasteiger partial charge in [0.1, 0.15) is 0 Å². The Morgan fingerprint density at radius 2 is 2.15 bits per heavy atom. The summed E-state index contributed by atoms with van der Waals surface area (Å²) < 4.78 is 0. The number of fused-ring (bicyclic) bond motifs is 1. The van der Waals surface area contributed by atoms with E-state index in [0.29, 0.717) is 4.83 Å². The van der Waals surface area contributed by atoms with Crippen LogP contribution in [0.5, 0.6) is 0 Å². The van der Waals surface area contributed by atoms with Crippen molar-refractivity contribution in [3.63, 3.8) is 0 Å². The molecule has 0 aliphatic rings. The highest BCUT2D eigenvalue weighted by atomic mass is 79.9. The summed E-state index contributed by atoms with van der Waals surface area (Å²) in [6, 6.07) is 10.4. The zero-order valence-corrected chi connectivity index (χ0v) is 8.95. The molecule has 0 fully saturated rings. The predicted octanol–water partition coefficient (Wildman–Crippen LogP) is 3.69. The summed E-state index contributed by atoms with van der Waals surface area (Å²) in [5, 5.41) is 1.20. The Kier molecular flexibility index (Phi) is 2.32. The highest BCUT2D eigenvalue weighted by Gasteiger charge is 2.01. The Bertz CT molecular complexity index is 423. The SMILES string of the molecule is CC(Br)c1ccc2ncccc2c1. The summed E-state index contributed by atoms with van der Waals surface area (Å²) in [6.07, 6.45) is 1.82. The second-order valence-corrected chi connectivity index (χ2v) is 4.45. The molecular formula is C11H10BrN. The van der Waals surface area contributed by atoms with Gasteiger partial charge in [-0.05, 0) is 30.7 Å². The van der Waals surface area contributed by atoms with E-state index in [9.17, 15) is 0 Å². The van der Waals surface area contributed by atoms with Crippen molar-refractivity contribution in [1.29, 1.82) is 0 Å². The molecule has 1 aromatic heterocycles. The number of hydrogen-bond acceptors (Lipinski definition) is 1. The maximum atomic E-state index is 4.27. The van der Waals surface area contributed by atoms with Gasteiger partial charge in [0, 0.05) is 16.4 Å². The molecule has 13 heavy (non-hydrogen) atoms. The first kappa shape index (κ1) is 8.70. The van der Waals surface area contributed by atoms with Crippen LogP contribution in [0.2, 0.25) is 0 Å². The van der Waals surface area contributed by atoms with Gasteiger partial charge < -0.3 is 0 Å². The molecule has 1 heterocycles. The van der Waals surface area contributed by atoms with Crippen LogP contribution in [0, 0.1) is 0 Å². The molecule has 0 saturated heterocycles. The zero-order chi connectivity index (χ0) is 9.26. The molecule has 0 aliphatic carbocycles. The third kappa shape index (κ3) is 1.73. The van der Waals surface area contributed by atoms with Crippen LogP contribution in [0.15, 0.2) is 36.5 Å². The summed E-state index contributed by atoms with van der Waals surface area (Å²) >= 11 is 3.55. The van der Waals surface area contributed by atoms with E-state index in [1.54, 1.807) is 0 Å². The summed E-state index contributed by atoms with van der Waals surface area (Å²) in [6.45, 7) is 2.12. The monoisotopic (exact) mass is 235 g/mol. The van der Waals surface area contributed by atoms with Crippen LogP contribution in [-0.4, -0.2) is 4.98 Å². The molecule has 1 unspecified atom stereocenters. The van der Waals surface area contributed by atoms with Gasteiger partial charge in [-0.15, -0.1) is 0 Å². The van der Waals surface area contributed by atoms with Crippen molar-refractivity contribution < 1.29 is 0 Å². The van der Waals surface area contributed by atoms with Gasteiger partial charge in [-0.25, -0.2) is 0 Å². The van der Waals surface area contributed by atoms with Gasteiger partial charge in [0.25, 0.3) is 0 Å². The summed E-state index contributed by atoms with van der Waals surface area (Å²) in [4.78, 5) is 4.67. The van der Waals surface area contributed by atoms with E-state index in [1.807, 2.05) is 12.3 Å². The number of rotatable bonds is 1. The van der Waals surface area contributed by atoms with Crippen LogP contribution in [0.3, 0.4) is 0 Å². The van der Waals surface area contributed by atoms with Crippen molar-refractivity contribution in [2.75, 3.05) is 0 Å². The second kappa shape index (κ2) is 3.46. The molecule has 1 aromatic carbocycles. The molecule has 0 amide bonds. The van der Waals surface area contributed by atoms with Gasteiger partial charge in [-0.2, -0.15) is 0 Å². The highest BCUT2D eigenvalue weighted by Crippen LogP contribution is 2.24. The molecular weight excluding hydrogens is 226 g/mol. The van der Waals surface area contributed by atoms with Gasteiger partial charge in [0.05, 0.1) is 5.52 Å². The molecule has 0 radical (unpaired) electrons. The number of halogens is 1. The minimum atomic E-state index is 0.400. The molecule has 1 atom stereocenters. The topological polar surface area (TPSA) is 12.9 Å². The van der Waals surface area contributed by atoms with E-state index < -0.39 is 0 Å². The normalized spacial score (nSPS) is 13.1. The third-order valence-electron chi connectivity index (χ3n) is 2.09. The lowest BCUT2D eigenvalue weighted by Gasteiger charge is -2.04. The van der Waals surface area contributed by atoms with E-state index in [0.717, 1.165) is 5.52 Å². The third-order valence-corrected chi connectivity index (χ3v) is 2.62. The fourth-order valence-electron chi connectivity index (χ4n) is 1.34. The maximum Gasteiger partial charge on any atom is 0.0702 e. The molecule has 66 valence electrons. The second-order valence-electron chi connectivity index (χ2n) is 3.07. The van der Waals surface area contributed by atoms with Gasteiger partial charge in [0.2, 0.25) is 0 Å². The average Bonchev–Trinajstić information content (AvgIpc) is 2.17. The smallest absolute Gasteiger partial charge is 0.0702 e. The summed E-state index contributed by atoms with van der Waals surface area (Å²) in [5.41, 5.74) is 2.35. The average molecular weight is 236 g/mol. The molecule has 1 nitrogen and oxygen atoms in total. The summed E-state index contributed by atoms with van der Waals surface area (Å²) in [5.74, 6) is 0. The molecule has 0 N–H and O–H groups in total. The van der Waals surface area contributed by atoms with E-state index >= 15 is 0 Å². The largest absolute Gasteiger partial charge is 0.256 e. The Labute approximate surface area is 85.9 Å². The van der Waals surface area contributed by atoms with E-state index in [1.165, 1.54) is 10.9 Å². The molecule has 0 aliphatic heterocycles. The molecule has 0 saturated carbocycles. The van der Waals surface area contributed by atoms with Crippen molar-refractivity contribution in [2.45, 2.75) is 11.8 Å². The van der Waals surface area contributed by atoms with Crippen LogP contribution in [0.25, 0.3) is 10.9 Å². The quantitative estimate of drug-likeness (QED) is 0.688. The van der Waals surface area contributed by atoms with Crippen molar-refractivity contribution in [2.24, 2.45) is 0 Å². The standard InChI is InChI=1S/C11H10BrN/c1-8(12)9-4-5-11-10(7-9)3-2-6-13-11/h2-8H,1H3. The molecule has 2 rings (SSSR count). The van der Waals surface area contributed by atoms with Crippen molar-refractivity contribution in [3.05, 3.63) is 42.1 Å². The minimum Gasteiger partial charge on any atom is -0.256 e. The van der Waals surface area contributed by atoms with Gasteiger partial charge in [-0.1, -0.05) is 28.1 Å². The molecule has 2 aromatic rings. The van der Waals surface area contributed by atoms with Gasteiger partial charge in [0.15, 0.2) is 0 Å². The molecule has 0 bridgehead atoms. The fraction of sp³-hybridized carbons (Fsp3) is 0.182. The zero-order valence-electron chi connectivity index (χ0n) is 7.37. The van der Waals surface area contributed by atoms with Crippen LogP contribution in [0.1, 0.15) is 17.3 Å². The first-order chi connectivity index (χ1) is 6.27. The van der Waals surface area contributed by atoms with Crippen LogP contribution in [-0.2, 0) is 0 Å². The highest BCUT2D eigenvalue weighted by molar-refractivity contribution is 9.09. The van der Waals surface area contributed by atoms with Crippen LogP contribution < -0.4 is 0 Å². The Morgan fingerprint density at radius 3 is 2.92 bits per heavy atom. The number of nitrogens with zero attached hydrogens (tertiary/aromatic N) is 1. The lowest BCUT2D eigenvalue weighted by Crippen LogP contribution is -1.84. The molecule has 2 heteroatoms. The van der Waals surface area contributed by atoms with Crippen molar-refractivity contribution in [1.82, 2.24) is 4.98 Å². The first-order valence-electron chi connectivity index (χ1n) is 4.26. The minimum absolute atomic E-state index is 0.400. The van der Waals surface area contributed by atoms with E-state index in [2.05, 4.69) is 52.1 Å². The number of aromatic nitrogens is 1. The van der Waals surface area contributed by atoms with Gasteiger partial charge >= 0.3 is 0 Å². The van der Waals surface area contributed by atoms with Crippen molar-refractivity contribution in [3.8, 4) is 0 Å². The summed E-state index contributed by atoms with van der Waals surface area (Å²) in [7, 11) is 0. The predicted molar refractivity (Wildman–Crippen MR) is 59.1 cm³/mol.